The summed E-state index contributed by atoms with van der Waals surface area (Å²) in [6, 6.07) is 7.24. The van der Waals surface area contributed by atoms with Crippen LogP contribution in [0.3, 0.4) is 0 Å². The third kappa shape index (κ3) is 2.40. The summed E-state index contributed by atoms with van der Waals surface area (Å²) in [5.74, 6) is -3.24. The van der Waals surface area contributed by atoms with Gasteiger partial charge in [-0.05, 0) is 18.6 Å². The molecule has 128 valence electrons. The Kier molecular flexibility index (Phi) is 3.74. The Morgan fingerprint density at radius 2 is 2.08 bits per heavy atom. The topological polar surface area (TPSA) is 93.1 Å². The average Bonchev–Trinajstić information content (AvgIpc) is 2.51. The molecule has 2 aliphatic heterocycles. The number of carboxylic acid groups (broad SMARTS) is 1. The molecule has 1 aromatic rings. The van der Waals surface area contributed by atoms with Crippen molar-refractivity contribution in [1.29, 1.82) is 0 Å². The van der Waals surface area contributed by atoms with Gasteiger partial charge in [-0.15, -0.1) is 0 Å². The molecule has 7 nitrogen and oxygen atoms in total. The van der Waals surface area contributed by atoms with Crippen LogP contribution in [0.4, 0.5) is 0 Å². The number of carboxylic acids is 1. The van der Waals surface area contributed by atoms with Crippen LogP contribution in [0, 0.1) is 5.92 Å². The number of esters is 1. The Bertz CT molecular complexity index is 717. The van der Waals surface area contributed by atoms with Crippen LogP contribution in [0.15, 0.2) is 24.3 Å². The van der Waals surface area contributed by atoms with E-state index in [1.807, 2.05) is 18.2 Å². The maximum Gasteiger partial charge on any atom is 0.345 e. The predicted octanol–water partition coefficient (Wildman–Crippen LogP) is 1.37. The van der Waals surface area contributed by atoms with Gasteiger partial charge in [0.2, 0.25) is 12.0 Å². The van der Waals surface area contributed by atoms with Gasteiger partial charge in [0.05, 0.1) is 5.92 Å². The zero-order chi connectivity index (χ0) is 17.6. The fourth-order valence-corrected chi connectivity index (χ4v) is 3.63. The molecule has 1 fully saturated rings. The van der Waals surface area contributed by atoms with Crippen LogP contribution in [-0.2, 0) is 19.1 Å². The molecule has 2 bridgehead atoms. The number of hydrogen-bond donors (Lipinski definition) is 1. The van der Waals surface area contributed by atoms with E-state index in [-0.39, 0.29) is 0 Å². The van der Waals surface area contributed by atoms with Crippen molar-refractivity contribution in [2.45, 2.75) is 38.0 Å². The highest BCUT2D eigenvalue weighted by atomic mass is 16.6. The van der Waals surface area contributed by atoms with E-state index in [1.54, 1.807) is 20.0 Å². The van der Waals surface area contributed by atoms with E-state index in [1.165, 1.54) is 4.90 Å². The monoisotopic (exact) mass is 333 g/mol. The number of aliphatic carboxylic acids is 1. The molecule has 0 aromatic heterocycles. The molecule has 1 N–H and O–H groups in total. The number of hydrogen-bond acceptors (Lipinski definition) is 5. The highest BCUT2D eigenvalue weighted by Crippen LogP contribution is 2.50. The highest BCUT2D eigenvalue weighted by Gasteiger charge is 2.56. The summed E-state index contributed by atoms with van der Waals surface area (Å²) in [5.41, 5.74) is -0.0915. The molecule has 0 saturated carbocycles. The van der Waals surface area contributed by atoms with Crippen molar-refractivity contribution in [1.82, 2.24) is 4.90 Å². The van der Waals surface area contributed by atoms with Crippen LogP contribution < -0.4 is 4.74 Å². The first kappa shape index (κ1) is 16.3. The lowest BCUT2D eigenvalue weighted by Crippen LogP contribution is -2.63. The largest absolute Gasteiger partial charge is 0.478 e. The van der Waals surface area contributed by atoms with Crippen LogP contribution in [0.2, 0.25) is 0 Å². The first-order valence-electron chi connectivity index (χ1n) is 7.70. The van der Waals surface area contributed by atoms with Crippen LogP contribution in [-0.4, -0.2) is 46.7 Å². The fourth-order valence-electron chi connectivity index (χ4n) is 3.63. The van der Waals surface area contributed by atoms with Crippen molar-refractivity contribution in [2.75, 3.05) is 7.05 Å². The smallest absolute Gasteiger partial charge is 0.345 e. The zero-order valence-corrected chi connectivity index (χ0v) is 13.7. The van der Waals surface area contributed by atoms with E-state index < -0.39 is 41.5 Å². The third-order valence-electron chi connectivity index (χ3n) is 4.87. The number of rotatable bonds is 3. The zero-order valence-electron chi connectivity index (χ0n) is 13.7. The molecular formula is C17H19NO6. The Morgan fingerprint density at radius 3 is 2.71 bits per heavy atom. The Hall–Kier alpha value is -2.57. The molecule has 0 radical (unpaired) electrons. The van der Waals surface area contributed by atoms with Gasteiger partial charge in [0, 0.05) is 26.3 Å². The third-order valence-corrected chi connectivity index (χ3v) is 4.87. The maximum atomic E-state index is 12.9. The summed E-state index contributed by atoms with van der Waals surface area (Å²) in [7, 11) is 1.58. The number of nitrogens with zero attached hydrogens (tertiary/aromatic N) is 1. The fraction of sp³-hybridized carbons (Fsp3) is 0.471. The number of piperidine rings is 1. The molecule has 24 heavy (non-hydrogen) atoms. The van der Waals surface area contributed by atoms with Crippen molar-refractivity contribution in [3.05, 3.63) is 29.8 Å². The van der Waals surface area contributed by atoms with Gasteiger partial charge >= 0.3 is 11.9 Å². The average molecular weight is 333 g/mol. The van der Waals surface area contributed by atoms with E-state index in [9.17, 15) is 19.5 Å². The number of benzene rings is 1. The lowest BCUT2D eigenvalue weighted by Gasteiger charge is -2.52. The van der Waals surface area contributed by atoms with Gasteiger partial charge in [0.1, 0.15) is 5.75 Å². The van der Waals surface area contributed by atoms with E-state index in [2.05, 4.69) is 0 Å². The normalized spacial score (nSPS) is 29.3. The second-order valence-corrected chi connectivity index (χ2v) is 6.42. The van der Waals surface area contributed by atoms with Gasteiger partial charge in [-0.2, -0.15) is 0 Å². The summed E-state index contributed by atoms with van der Waals surface area (Å²) in [6.45, 7) is 2.93. The van der Waals surface area contributed by atoms with E-state index in [0.29, 0.717) is 12.2 Å². The molecule has 1 amide bonds. The van der Waals surface area contributed by atoms with Gasteiger partial charge in [-0.1, -0.05) is 18.2 Å². The van der Waals surface area contributed by atoms with E-state index in [4.69, 9.17) is 9.47 Å². The summed E-state index contributed by atoms with van der Waals surface area (Å²) in [4.78, 5) is 37.3. The van der Waals surface area contributed by atoms with Crippen molar-refractivity contribution < 1.29 is 29.0 Å². The SMILES string of the molecule is CC(=O)OC(C(=O)O)C1C(=O)N(C)C2(C)CC1c1ccccc1O2. The predicted molar refractivity (Wildman–Crippen MR) is 82.3 cm³/mol. The minimum absolute atomic E-state index is 0.399. The molecule has 4 atom stereocenters. The Morgan fingerprint density at radius 1 is 1.42 bits per heavy atom. The lowest BCUT2D eigenvalue weighted by molar-refractivity contribution is -0.187. The summed E-state index contributed by atoms with van der Waals surface area (Å²) >= 11 is 0. The number of para-hydroxylation sites is 1. The van der Waals surface area contributed by atoms with Gasteiger partial charge in [0.15, 0.2) is 5.72 Å². The minimum Gasteiger partial charge on any atom is -0.478 e. The first-order chi connectivity index (χ1) is 11.2. The maximum absolute atomic E-state index is 12.9. The quantitative estimate of drug-likeness (QED) is 0.840. The number of carbonyl (C=O) groups is 3. The molecule has 2 aliphatic rings. The van der Waals surface area contributed by atoms with Crippen LogP contribution >= 0.6 is 0 Å². The molecule has 3 rings (SSSR count). The van der Waals surface area contributed by atoms with Crippen molar-refractivity contribution in [3.8, 4) is 5.75 Å². The summed E-state index contributed by atoms with van der Waals surface area (Å²) < 4.78 is 11.0. The molecule has 2 heterocycles. The van der Waals surface area contributed by atoms with Gasteiger partial charge < -0.3 is 19.5 Å². The molecule has 0 aliphatic carbocycles. The lowest BCUT2D eigenvalue weighted by atomic mass is 9.71. The number of ether oxygens (including phenoxy) is 2. The molecule has 1 saturated heterocycles. The van der Waals surface area contributed by atoms with E-state index in [0.717, 1.165) is 12.5 Å². The molecular weight excluding hydrogens is 314 g/mol. The number of amides is 1. The second kappa shape index (κ2) is 5.51. The molecule has 4 unspecified atom stereocenters. The van der Waals surface area contributed by atoms with Crippen LogP contribution in [0.1, 0.15) is 31.7 Å². The molecule has 0 spiro atoms. The summed E-state index contributed by atoms with van der Waals surface area (Å²) in [6.07, 6.45) is -1.10. The number of likely N-dealkylation sites (tertiary alicyclic amines) is 1. The highest BCUT2D eigenvalue weighted by molar-refractivity contribution is 5.89. The summed E-state index contributed by atoms with van der Waals surface area (Å²) in [5, 5.41) is 9.51. The van der Waals surface area contributed by atoms with Crippen molar-refractivity contribution in [3.63, 3.8) is 0 Å². The van der Waals surface area contributed by atoms with Gasteiger partial charge in [-0.3, -0.25) is 9.59 Å². The minimum atomic E-state index is -1.53. The first-order valence-corrected chi connectivity index (χ1v) is 7.70. The van der Waals surface area contributed by atoms with Gasteiger partial charge in [-0.25, -0.2) is 4.79 Å². The van der Waals surface area contributed by atoms with Gasteiger partial charge in [0.25, 0.3) is 0 Å². The number of carbonyl (C=O) groups excluding carboxylic acids is 2. The number of fused-ring (bicyclic) bond motifs is 4. The Labute approximate surface area is 139 Å². The standard InChI is InChI=1S/C17H19NO6/c1-9(19)23-14(16(21)22)13-11-8-17(2,18(3)15(13)20)24-12-7-5-4-6-10(11)12/h4-7,11,13-14H,8H2,1-3H3,(H,21,22). The molecule has 1 aromatic carbocycles. The van der Waals surface area contributed by atoms with Crippen LogP contribution in [0.25, 0.3) is 0 Å². The second-order valence-electron chi connectivity index (χ2n) is 6.42. The molecule has 7 heteroatoms. The van der Waals surface area contributed by atoms with Crippen LogP contribution in [0.5, 0.6) is 5.75 Å². The Balaban J connectivity index is 2.11. The van der Waals surface area contributed by atoms with Crippen molar-refractivity contribution in [2.24, 2.45) is 5.92 Å². The van der Waals surface area contributed by atoms with E-state index >= 15 is 0 Å². The van der Waals surface area contributed by atoms with Crippen molar-refractivity contribution >= 4 is 17.8 Å².